The first-order valence-electron chi connectivity index (χ1n) is 8.01. The zero-order chi connectivity index (χ0) is 18.9. The SMILES string of the molecule is CCOC(=O)/C=C/c1ccc(OCC(=O)c2ccc(O)c(OC)c2)cc1. The minimum absolute atomic E-state index is 0.0311. The van der Waals surface area contributed by atoms with E-state index in [9.17, 15) is 14.7 Å². The largest absolute Gasteiger partial charge is 0.504 e. The molecule has 0 aliphatic carbocycles. The molecule has 1 N–H and O–H groups in total. The van der Waals surface area contributed by atoms with Crippen molar-refractivity contribution < 1.29 is 28.9 Å². The molecule has 0 radical (unpaired) electrons. The molecule has 0 fully saturated rings. The predicted octanol–water partition coefficient (Wildman–Crippen LogP) is 3.24. The predicted molar refractivity (Wildman–Crippen MR) is 96.6 cm³/mol. The Hall–Kier alpha value is -3.28. The number of esters is 1. The molecule has 0 saturated carbocycles. The normalized spacial score (nSPS) is 10.5. The van der Waals surface area contributed by atoms with Crippen molar-refractivity contribution in [2.45, 2.75) is 6.92 Å². The van der Waals surface area contributed by atoms with Gasteiger partial charge in [0.1, 0.15) is 5.75 Å². The molecule has 0 aliphatic heterocycles. The summed E-state index contributed by atoms with van der Waals surface area (Å²) < 4.78 is 15.3. The van der Waals surface area contributed by atoms with E-state index >= 15 is 0 Å². The van der Waals surface area contributed by atoms with E-state index in [-0.39, 0.29) is 23.9 Å². The van der Waals surface area contributed by atoms with E-state index in [1.807, 2.05) is 0 Å². The van der Waals surface area contributed by atoms with Crippen LogP contribution in [0.15, 0.2) is 48.5 Å². The molecule has 0 heterocycles. The number of carbonyl (C=O) groups is 2. The lowest BCUT2D eigenvalue weighted by Gasteiger charge is -2.08. The number of methoxy groups -OCH3 is 1. The molecule has 0 aliphatic rings. The number of ether oxygens (including phenoxy) is 3. The van der Waals surface area contributed by atoms with Crippen LogP contribution >= 0.6 is 0 Å². The Bertz CT molecular complexity index is 792. The van der Waals surface area contributed by atoms with Crippen molar-refractivity contribution in [3.63, 3.8) is 0 Å². The van der Waals surface area contributed by atoms with Gasteiger partial charge in [-0.2, -0.15) is 0 Å². The zero-order valence-electron chi connectivity index (χ0n) is 14.6. The highest BCUT2D eigenvalue weighted by Crippen LogP contribution is 2.26. The minimum Gasteiger partial charge on any atom is -0.504 e. The van der Waals surface area contributed by atoms with Crippen LogP contribution in [0.4, 0.5) is 0 Å². The first-order valence-corrected chi connectivity index (χ1v) is 8.01. The Morgan fingerprint density at radius 2 is 1.85 bits per heavy atom. The number of phenols is 1. The summed E-state index contributed by atoms with van der Waals surface area (Å²) in [5, 5.41) is 9.56. The molecule has 26 heavy (non-hydrogen) atoms. The Balaban J connectivity index is 1.93. The van der Waals surface area contributed by atoms with Crippen molar-refractivity contribution in [2.75, 3.05) is 20.3 Å². The lowest BCUT2D eigenvalue weighted by atomic mass is 10.1. The molecule has 136 valence electrons. The average Bonchev–Trinajstić information content (AvgIpc) is 2.66. The number of benzene rings is 2. The number of carbonyl (C=O) groups excluding carboxylic acids is 2. The van der Waals surface area contributed by atoms with E-state index in [4.69, 9.17) is 14.2 Å². The van der Waals surface area contributed by atoms with Gasteiger partial charge in [-0.1, -0.05) is 12.1 Å². The maximum atomic E-state index is 12.2. The van der Waals surface area contributed by atoms with Crippen molar-refractivity contribution in [1.82, 2.24) is 0 Å². The van der Waals surface area contributed by atoms with Gasteiger partial charge in [0.25, 0.3) is 0 Å². The van der Waals surface area contributed by atoms with Crippen LogP contribution in [0.2, 0.25) is 0 Å². The monoisotopic (exact) mass is 356 g/mol. The zero-order valence-corrected chi connectivity index (χ0v) is 14.6. The minimum atomic E-state index is -0.400. The van der Waals surface area contributed by atoms with Gasteiger partial charge < -0.3 is 19.3 Å². The highest BCUT2D eigenvalue weighted by atomic mass is 16.5. The maximum absolute atomic E-state index is 12.2. The van der Waals surface area contributed by atoms with E-state index in [0.29, 0.717) is 17.9 Å². The van der Waals surface area contributed by atoms with Gasteiger partial charge in [-0.15, -0.1) is 0 Å². The fourth-order valence-electron chi connectivity index (χ4n) is 2.11. The number of phenolic OH excluding ortho intramolecular Hbond substituents is 1. The van der Waals surface area contributed by atoms with Crippen LogP contribution in [-0.2, 0) is 9.53 Å². The number of hydrogen-bond donors (Lipinski definition) is 1. The van der Waals surface area contributed by atoms with Gasteiger partial charge in [0.15, 0.2) is 23.9 Å². The second-order valence-corrected chi connectivity index (χ2v) is 5.25. The third-order valence-electron chi connectivity index (χ3n) is 3.45. The average molecular weight is 356 g/mol. The van der Waals surface area contributed by atoms with Gasteiger partial charge in [-0.05, 0) is 48.9 Å². The summed E-state index contributed by atoms with van der Waals surface area (Å²) in [6.07, 6.45) is 2.98. The molecule has 0 saturated heterocycles. The molecular formula is C20H20O6. The van der Waals surface area contributed by atoms with Crippen LogP contribution in [0.1, 0.15) is 22.8 Å². The first-order chi connectivity index (χ1) is 12.5. The molecule has 6 heteroatoms. The van der Waals surface area contributed by atoms with Crippen LogP contribution < -0.4 is 9.47 Å². The Morgan fingerprint density at radius 1 is 1.12 bits per heavy atom. The van der Waals surface area contributed by atoms with Crippen LogP contribution in [0.5, 0.6) is 17.2 Å². The molecule has 0 spiro atoms. The lowest BCUT2D eigenvalue weighted by Crippen LogP contribution is -2.11. The summed E-state index contributed by atoms with van der Waals surface area (Å²) >= 11 is 0. The van der Waals surface area contributed by atoms with E-state index in [2.05, 4.69) is 0 Å². The van der Waals surface area contributed by atoms with Crippen LogP contribution in [0, 0.1) is 0 Å². The summed E-state index contributed by atoms with van der Waals surface area (Å²) in [4.78, 5) is 23.4. The molecule has 2 rings (SSSR count). The lowest BCUT2D eigenvalue weighted by molar-refractivity contribution is -0.137. The summed E-state index contributed by atoms with van der Waals surface area (Å²) in [5.74, 6) is 0.0831. The number of aromatic hydroxyl groups is 1. The summed E-state index contributed by atoms with van der Waals surface area (Å²) in [5.41, 5.74) is 1.19. The van der Waals surface area contributed by atoms with Gasteiger partial charge in [0.05, 0.1) is 13.7 Å². The molecule has 0 bridgehead atoms. The Kier molecular flexibility index (Phi) is 6.79. The van der Waals surface area contributed by atoms with Gasteiger partial charge in [-0.25, -0.2) is 4.79 Å². The smallest absolute Gasteiger partial charge is 0.330 e. The first kappa shape index (κ1) is 19.1. The second-order valence-electron chi connectivity index (χ2n) is 5.25. The van der Waals surface area contributed by atoms with Crippen LogP contribution in [0.25, 0.3) is 6.08 Å². The number of Topliss-reactive ketones (excluding diaryl/α,β-unsaturated/α-hetero) is 1. The number of rotatable bonds is 8. The molecule has 2 aromatic rings. The van der Waals surface area contributed by atoms with Crippen molar-refractivity contribution in [1.29, 1.82) is 0 Å². The highest BCUT2D eigenvalue weighted by molar-refractivity contribution is 5.97. The molecule has 0 amide bonds. The molecule has 2 aromatic carbocycles. The molecule has 6 nitrogen and oxygen atoms in total. The van der Waals surface area contributed by atoms with Crippen LogP contribution in [-0.4, -0.2) is 37.2 Å². The van der Waals surface area contributed by atoms with Gasteiger partial charge in [-0.3, -0.25) is 4.79 Å². The van der Waals surface area contributed by atoms with Gasteiger partial charge >= 0.3 is 5.97 Å². The van der Waals surface area contributed by atoms with Gasteiger partial charge in [0, 0.05) is 11.6 Å². The quantitative estimate of drug-likeness (QED) is 0.444. The van der Waals surface area contributed by atoms with E-state index in [0.717, 1.165) is 5.56 Å². The number of hydrogen-bond acceptors (Lipinski definition) is 6. The van der Waals surface area contributed by atoms with Crippen molar-refractivity contribution in [3.05, 3.63) is 59.7 Å². The van der Waals surface area contributed by atoms with Crippen LogP contribution in [0.3, 0.4) is 0 Å². The summed E-state index contributed by atoms with van der Waals surface area (Å²) in [7, 11) is 1.41. The molecule has 0 atom stereocenters. The maximum Gasteiger partial charge on any atom is 0.330 e. The molecule has 0 unspecified atom stereocenters. The standard InChI is InChI=1S/C20H20O6/c1-3-25-20(23)11-6-14-4-8-16(9-5-14)26-13-18(22)15-7-10-17(21)19(12-15)24-2/h4-12,21H,3,13H2,1-2H3/b11-6+. The van der Waals surface area contributed by atoms with E-state index in [1.165, 1.54) is 31.4 Å². The van der Waals surface area contributed by atoms with Crippen molar-refractivity contribution >= 4 is 17.8 Å². The van der Waals surface area contributed by atoms with Gasteiger partial charge in [0.2, 0.25) is 0 Å². The third kappa shape index (κ3) is 5.37. The Labute approximate surface area is 151 Å². The highest BCUT2D eigenvalue weighted by Gasteiger charge is 2.10. The third-order valence-corrected chi connectivity index (χ3v) is 3.45. The molecular weight excluding hydrogens is 336 g/mol. The van der Waals surface area contributed by atoms with E-state index < -0.39 is 5.97 Å². The summed E-state index contributed by atoms with van der Waals surface area (Å²) in [6, 6.07) is 11.3. The van der Waals surface area contributed by atoms with Crippen molar-refractivity contribution in [2.24, 2.45) is 0 Å². The topological polar surface area (TPSA) is 82.1 Å². The van der Waals surface area contributed by atoms with Crippen molar-refractivity contribution in [3.8, 4) is 17.2 Å². The summed E-state index contributed by atoms with van der Waals surface area (Å²) in [6.45, 7) is 1.93. The Morgan fingerprint density at radius 3 is 2.50 bits per heavy atom. The fourth-order valence-corrected chi connectivity index (χ4v) is 2.11. The number of ketones is 1. The van der Waals surface area contributed by atoms with E-state index in [1.54, 1.807) is 37.3 Å². The fraction of sp³-hybridized carbons (Fsp3) is 0.200. The second kappa shape index (κ2) is 9.27. The molecule has 0 aromatic heterocycles.